The van der Waals surface area contributed by atoms with Gasteiger partial charge in [-0.2, -0.15) is 0 Å². The second-order valence-electron chi connectivity index (χ2n) is 5.05. The molecule has 0 fully saturated rings. The fraction of sp³-hybridized carbons (Fsp3) is 0.188. The molecule has 0 saturated carbocycles. The number of imide groups is 1. The molecule has 0 bridgehead atoms. The van der Waals surface area contributed by atoms with Gasteiger partial charge in [-0.15, -0.1) is 0 Å². The molecular formula is C16H14N4O3. The van der Waals surface area contributed by atoms with Crippen LogP contribution in [0.15, 0.2) is 42.9 Å². The van der Waals surface area contributed by atoms with E-state index in [9.17, 15) is 14.4 Å². The number of rotatable bonds is 5. The SMILES string of the molecule is O=C(CCN1C(=O)c2cccnc2C1=O)NCc1cccnc1. The molecule has 116 valence electrons. The van der Waals surface area contributed by atoms with Crippen LogP contribution < -0.4 is 5.32 Å². The highest BCUT2D eigenvalue weighted by Crippen LogP contribution is 2.20. The fourth-order valence-electron chi connectivity index (χ4n) is 2.32. The molecule has 23 heavy (non-hydrogen) atoms. The molecule has 0 atom stereocenters. The molecule has 1 aliphatic rings. The Kier molecular flexibility index (Phi) is 4.09. The van der Waals surface area contributed by atoms with Crippen molar-refractivity contribution in [3.05, 3.63) is 59.7 Å². The molecule has 0 aromatic carbocycles. The zero-order valence-electron chi connectivity index (χ0n) is 12.2. The Bertz CT molecular complexity index is 726. The third-order valence-electron chi connectivity index (χ3n) is 3.51. The standard InChI is InChI=1S/C16H14N4O3/c21-13(19-10-11-3-1-6-17-9-11)5-8-20-15(22)12-4-2-7-18-14(12)16(20)23/h1-4,6-7,9H,5,8,10H2,(H,19,21). The number of fused-ring (bicyclic) bond motifs is 1. The summed E-state index contributed by atoms with van der Waals surface area (Å²) in [5, 5.41) is 2.73. The van der Waals surface area contributed by atoms with Crippen LogP contribution in [0, 0.1) is 0 Å². The second kappa shape index (κ2) is 6.35. The van der Waals surface area contributed by atoms with Crippen molar-refractivity contribution < 1.29 is 14.4 Å². The van der Waals surface area contributed by atoms with E-state index in [4.69, 9.17) is 0 Å². The first-order chi connectivity index (χ1) is 11.2. The van der Waals surface area contributed by atoms with Crippen molar-refractivity contribution in [2.45, 2.75) is 13.0 Å². The van der Waals surface area contributed by atoms with Crippen molar-refractivity contribution in [1.29, 1.82) is 0 Å². The maximum Gasteiger partial charge on any atom is 0.280 e. The molecule has 0 aliphatic carbocycles. The summed E-state index contributed by atoms with van der Waals surface area (Å²) in [5.41, 5.74) is 1.31. The topological polar surface area (TPSA) is 92.3 Å². The Morgan fingerprint density at radius 3 is 2.70 bits per heavy atom. The maximum absolute atomic E-state index is 12.1. The fourth-order valence-corrected chi connectivity index (χ4v) is 2.32. The summed E-state index contributed by atoms with van der Waals surface area (Å²) < 4.78 is 0. The van der Waals surface area contributed by atoms with Gasteiger partial charge in [0.25, 0.3) is 11.8 Å². The average Bonchev–Trinajstić information content (AvgIpc) is 2.83. The van der Waals surface area contributed by atoms with Crippen LogP contribution in [-0.2, 0) is 11.3 Å². The lowest BCUT2D eigenvalue weighted by Crippen LogP contribution is -2.34. The van der Waals surface area contributed by atoms with E-state index in [2.05, 4.69) is 15.3 Å². The highest BCUT2D eigenvalue weighted by molar-refractivity contribution is 6.20. The number of carbonyl (C=O) groups is 3. The van der Waals surface area contributed by atoms with Gasteiger partial charge in [0.2, 0.25) is 5.91 Å². The van der Waals surface area contributed by atoms with Crippen molar-refractivity contribution in [1.82, 2.24) is 20.2 Å². The maximum atomic E-state index is 12.1. The lowest BCUT2D eigenvalue weighted by molar-refractivity contribution is -0.121. The summed E-state index contributed by atoms with van der Waals surface area (Å²) in [6.07, 6.45) is 4.83. The minimum absolute atomic E-state index is 0.0346. The van der Waals surface area contributed by atoms with E-state index in [-0.39, 0.29) is 30.1 Å². The molecule has 7 heteroatoms. The number of amides is 3. The van der Waals surface area contributed by atoms with Crippen LogP contribution in [0.5, 0.6) is 0 Å². The molecule has 7 nitrogen and oxygen atoms in total. The summed E-state index contributed by atoms with van der Waals surface area (Å²) in [7, 11) is 0. The third kappa shape index (κ3) is 3.08. The molecule has 1 aliphatic heterocycles. The Labute approximate surface area is 132 Å². The summed E-state index contributed by atoms with van der Waals surface area (Å²) in [4.78, 5) is 45.0. The normalized spacial score (nSPS) is 13.1. The molecule has 0 unspecified atom stereocenters. The lowest BCUT2D eigenvalue weighted by Gasteiger charge is -2.13. The second-order valence-corrected chi connectivity index (χ2v) is 5.05. The first-order valence-corrected chi connectivity index (χ1v) is 7.13. The van der Waals surface area contributed by atoms with Gasteiger partial charge in [-0.3, -0.25) is 29.3 Å². The van der Waals surface area contributed by atoms with Gasteiger partial charge in [-0.1, -0.05) is 6.07 Å². The van der Waals surface area contributed by atoms with E-state index in [1.807, 2.05) is 6.07 Å². The number of aromatic nitrogens is 2. The Morgan fingerprint density at radius 2 is 1.96 bits per heavy atom. The number of hydrogen-bond acceptors (Lipinski definition) is 5. The van der Waals surface area contributed by atoms with Crippen LogP contribution in [0.1, 0.15) is 32.8 Å². The Balaban J connectivity index is 1.54. The number of hydrogen-bond donors (Lipinski definition) is 1. The lowest BCUT2D eigenvalue weighted by atomic mass is 10.2. The van der Waals surface area contributed by atoms with Gasteiger partial charge in [0.15, 0.2) is 0 Å². The van der Waals surface area contributed by atoms with Gasteiger partial charge in [-0.25, -0.2) is 0 Å². The van der Waals surface area contributed by atoms with E-state index in [0.29, 0.717) is 6.54 Å². The van der Waals surface area contributed by atoms with Gasteiger partial charge >= 0.3 is 0 Å². The van der Waals surface area contributed by atoms with E-state index in [1.165, 1.54) is 6.20 Å². The molecule has 0 saturated heterocycles. The number of nitrogens with one attached hydrogen (secondary N) is 1. The van der Waals surface area contributed by atoms with Crippen molar-refractivity contribution in [3.63, 3.8) is 0 Å². The zero-order valence-corrected chi connectivity index (χ0v) is 12.2. The molecule has 1 N–H and O–H groups in total. The van der Waals surface area contributed by atoms with Crippen LogP contribution in [0.2, 0.25) is 0 Å². The van der Waals surface area contributed by atoms with E-state index >= 15 is 0 Å². The van der Waals surface area contributed by atoms with Crippen LogP contribution in [0.25, 0.3) is 0 Å². The Morgan fingerprint density at radius 1 is 1.13 bits per heavy atom. The number of pyridine rings is 2. The first-order valence-electron chi connectivity index (χ1n) is 7.13. The highest BCUT2D eigenvalue weighted by atomic mass is 16.2. The van der Waals surface area contributed by atoms with Crippen LogP contribution in [0.3, 0.4) is 0 Å². The third-order valence-corrected chi connectivity index (χ3v) is 3.51. The molecular weight excluding hydrogens is 296 g/mol. The minimum atomic E-state index is -0.453. The molecule has 3 rings (SSSR count). The minimum Gasteiger partial charge on any atom is -0.352 e. The largest absolute Gasteiger partial charge is 0.352 e. The van der Waals surface area contributed by atoms with Gasteiger partial charge in [-0.05, 0) is 23.8 Å². The van der Waals surface area contributed by atoms with Gasteiger partial charge in [0.05, 0.1) is 5.56 Å². The van der Waals surface area contributed by atoms with Crippen LogP contribution >= 0.6 is 0 Å². The quantitative estimate of drug-likeness (QED) is 0.824. The number of carbonyl (C=O) groups excluding carboxylic acids is 3. The molecule has 3 amide bonds. The first kappa shape index (κ1) is 14.8. The van der Waals surface area contributed by atoms with E-state index < -0.39 is 11.8 Å². The highest BCUT2D eigenvalue weighted by Gasteiger charge is 2.36. The van der Waals surface area contributed by atoms with Crippen molar-refractivity contribution in [2.24, 2.45) is 0 Å². The van der Waals surface area contributed by atoms with Crippen molar-refractivity contribution >= 4 is 17.7 Å². The molecule has 2 aromatic heterocycles. The smallest absolute Gasteiger partial charge is 0.280 e. The van der Waals surface area contributed by atoms with Crippen molar-refractivity contribution in [3.8, 4) is 0 Å². The monoisotopic (exact) mass is 310 g/mol. The molecule has 3 heterocycles. The molecule has 0 spiro atoms. The summed E-state index contributed by atoms with van der Waals surface area (Å²) >= 11 is 0. The van der Waals surface area contributed by atoms with Gasteiger partial charge < -0.3 is 5.32 Å². The zero-order chi connectivity index (χ0) is 16.2. The van der Waals surface area contributed by atoms with Crippen molar-refractivity contribution in [2.75, 3.05) is 6.54 Å². The average molecular weight is 310 g/mol. The van der Waals surface area contributed by atoms with Gasteiger partial charge in [0.1, 0.15) is 5.69 Å². The molecule has 0 radical (unpaired) electrons. The summed E-state index contributed by atoms with van der Waals surface area (Å²) in [6, 6.07) is 6.80. The van der Waals surface area contributed by atoms with E-state index in [1.54, 1.807) is 30.6 Å². The summed E-state index contributed by atoms with van der Waals surface area (Å²) in [5.74, 6) is -1.10. The predicted octanol–water partition coefficient (Wildman–Crippen LogP) is 0.779. The van der Waals surface area contributed by atoms with Crippen LogP contribution in [0.4, 0.5) is 0 Å². The predicted molar refractivity (Wildman–Crippen MR) is 80.3 cm³/mol. The summed E-state index contributed by atoms with van der Waals surface area (Å²) in [6.45, 7) is 0.392. The van der Waals surface area contributed by atoms with Crippen LogP contribution in [-0.4, -0.2) is 39.1 Å². The van der Waals surface area contributed by atoms with Gasteiger partial charge in [0, 0.05) is 38.1 Å². The number of nitrogens with zero attached hydrogens (tertiary/aromatic N) is 3. The molecule has 2 aromatic rings. The van der Waals surface area contributed by atoms with E-state index in [0.717, 1.165) is 10.5 Å². The Hall–Kier alpha value is -3.09.